The molecule has 108 valence electrons. The Kier molecular flexibility index (Phi) is 5.41. The van der Waals surface area contributed by atoms with E-state index in [2.05, 4.69) is 52.0 Å². The zero-order valence-corrected chi connectivity index (χ0v) is 14.9. The molecule has 0 atom stereocenters. The number of nitrogens with zero attached hydrogens (tertiary/aromatic N) is 2. The van der Waals surface area contributed by atoms with Crippen molar-refractivity contribution in [1.82, 2.24) is 9.97 Å². The van der Waals surface area contributed by atoms with E-state index in [-0.39, 0.29) is 0 Å². The number of hydrogen-bond acceptors (Lipinski definition) is 4. The third-order valence-corrected chi connectivity index (χ3v) is 4.77. The molecule has 0 aromatic carbocycles. The summed E-state index contributed by atoms with van der Waals surface area (Å²) in [5, 5.41) is 3.35. The molecule has 3 nitrogen and oxygen atoms in total. The average molecular weight is 375 g/mol. The van der Waals surface area contributed by atoms with Gasteiger partial charge in [-0.25, -0.2) is 9.97 Å². The average Bonchev–Trinajstić information content (AvgIpc) is 2.84. The maximum atomic E-state index is 6.01. The normalized spacial score (nSPS) is 11.1. The van der Waals surface area contributed by atoms with Crippen LogP contribution in [-0.2, 0) is 0 Å². The van der Waals surface area contributed by atoms with Gasteiger partial charge in [0.2, 0.25) is 0 Å². The van der Waals surface area contributed by atoms with Crippen molar-refractivity contribution >= 4 is 44.7 Å². The lowest BCUT2D eigenvalue weighted by molar-refractivity contribution is 0.808. The molecule has 0 fully saturated rings. The van der Waals surface area contributed by atoms with Crippen LogP contribution in [0.2, 0.25) is 4.34 Å². The van der Waals surface area contributed by atoms with Crippen molar-refractivity contribution in [3.8, 4) is 10.7 Å². The topological polar surface area (TPSA) is 37.8 Å². The van der Waals surface area contributed by atoms with Crippen molar-refractivity contribution in [2.75, 3.05) is 11.9 Å². The Morgan fingerprint density at radius 3 is 2.65 bits per heavy atom. The van der Waals surface area contributed by atoms with E-state index in [0.29, 0.717) is 5.92 Å². The molecule has 0 aliphatic heterocycles. The first-order valence-electron chi connectivity index (χ1n) is 6.60. The number of rotatable bonds is 5. The summed E-state index contributed by atoms with van der Waals surface area (Å²) >= 11 is 11.1. The number of anilines is 1. The minimum atomic E-state index is 0.323. The van der Waals surface area contributed by atoms with Gasteiger partial charge >= 0.3 is 0 Å². The van der Waals surface area contributed by atoms with Crippen LogP contribution in [0.1, 0.15) is 38.8 Å². The highest BCUT2D eigenvalue weighted by Crippen LogP contribution is 2.34. The van der Waals surface area contributed by atoms with Gasteiger partial charge in [-0.2, -0.15) is 0 Å². The quantitative estimate of drug-likeness (QED) is 0.743. The SMILES string of the molecule is CCCNc1nc(-c2ccc(Cl)s2)nc(C(C)C)c1Br. The van der Waals surface area contributed by atoms with Crippen LogP contribution in [0.25, 0.3) is 10.7 Å². The van der Waals surface area contributed by atoms with Crippen molar-refractivity contribution in [2.24, 2.45) is 0 Å². The molecule has 0 bridgehead atoms. The second kappa shape index (κ2) is 6.87. The fourth-order valence-corrected chi connectivity index (χ4v) is 3.50. The summed E-state index contributed by atoms with van der Waals surface area (Å²) in [4.78, 5) is 10.3. The summed E-state index contributed by atoms with van der Waals surface area (Å²) in [6.07, 6.45) is 1.05. The van der Waals surface area contributed by atoms with Crippen molar-refractivity contribution < 1.29 is 0 Å². The fourth-order valence-electron chi connectivity index (χ4n) is 1.75. The van der Waals surface area contributed by atoms with Crippen molar-refractivity contribution in [3.05, 3.63) is 26.6 Å². The predicted octanol–water partition coefficient (Wildman–Crippen LogP) is 5.57. The lowest BCUT2D eigenvalue weighted by atomic mass is 10.1. The van der Waals surface area contributed by atoms with Gasteiger partial charge in [0.25, 0.3) is 0 Å². The molecule has 0 saturated carbocycles. The molecule has 2 aromatic heterocycles. The summed E-state index contributed by atoms with van der Waals surface area (Å²) in [5.41, 5.74) is 1.01. The van der Waals surface area contributed by atoms with Gasteiger partial charge in [-0.05, 0) is 40.4 Å². The summed E-state index contributed by atoms with van der Waals surface area (Å²) < 4.78 is 1.70. The highest BCUT2D eigenvalue weighted by atomic mass is 79.9. The Bertz CT molecular complexity index is 598. The van der Waals surface area contributed by atoms with Crippen LogP contribution in [-0.4, -0.2) is 16.5 Å². The standard InChI is InChI=1S/C14H17BrClN3S/c1-4-7-17-14-11(15)12(8(2)3)18-13(19-14)9-5-6-10(16)20-9/h5-6,8H,4,7H2,1-3H3,(H,17,18,19). The largest absolute Gasteiger partial charge is 0.369 e. The van der Waals surface area contributed by atoms with Crippen LogP contribution in [0, 0.1) is 0 Å². The minimum Gasteiger partial charge on any atom is -0.369 e. The molecular formula is C14H17BrClN3S. The Balaban J connectivity index is 2.49. The Morgan fingerprint density at radius 1 is 1.35 bits per heavy atom. The van der Waals surface area contributed by atoms with E-state index in [1.165, 1.54) is 11.3 Å². The van der Waals surface area contributed by atoms with Gasteiger partial charge in [0.1, 0.15) is 5.82 Å². The lowest BCUT2D eigenvalue weighted by Gasteiger charge is -2.14. The Morgan fingerprint density at radius 2 is 2.10 bits per heavy atom. The predicted molar refractivity (Wildman–Crippen MR) is 90.9 cm³/mol. The number of halogens is 2. The molecule has 0 radical (unpaired) electrons. The third-order valence-electron chi connectivity index (χ3n) is 2.76. The van der Waals surface area contributed by atoms with E-state index in [9.17, 15) is 0 Å². The second-order valence-corrected chi connectivity index (χ2v) is 7.29. The maximum absolute atomic E-state index is 6.01. The molecule has 2 heterocycles. The smallest absolute Gasteiger partial charge is 0.172 e. The Labute approximate surface area is 136 Å². The molecule has 2 aromatic rings. The first-order chi connectivity index (χ1) is 9.52. The fraction of sp³-hybridized carbons (Fsp3) is 0.429. The van der Waals surface area contributed by atoms with E-state index in [1.54, 1.807) is 0 Å². The van der Waals surface area contributed by atoms with E-state index >= 15 is 0 Å². The minimum absolute atomic E-state index is 0.323. The van der Waals surface area contributed by atoms with Gasteiger partial charge < -0.3 is 5.32 Å². The third kappa shape index (κ3) is 3.51. The van der Waals surface area contributed by atoms with E-state index in [1.807, 2.05) is 12.1 Å². The van der Waals surface area contributed by atoms with Gasteiger partial charge in [-0.3, -0.25) is 0 Å². The number of aromatic nitrogens is 2. The molecule has 0 unspecified atom stereocenters. The van der Waals surface area contributed by atoms with Gasteiger partial charge in [0, 0.05) is 6.54 Å². The molecule has 6 heteroatoms. The molecule has 20 heavy (non-hydrogen) atoms. The summed E-state index contributed by atoms with van der Waals surface area (Å²) in [5.74, 6) is 1.90. The van der Waals surface area contributed by atoms with Gasteiger partial charge in [0.15, 0.2) is 5.82 Å². The highest BCUT2D eigenvalue weighted by Gasteiger charge is 2.16. The summed E-state index contributed by atoms with van der Waals surface area (Å²) in [6.45, 7) is 7.27. The lowest BCUT2D eigenvalue weighted by Crippen LogP contribution is -2.08. The first-order valence-corrected chi connectivity index (χ1v) is 8.58. The van der Waals surface area contributed by atoms with Crippen molar-refractivity contribution in [2.45, 2.75) is 33.1 Å². The van der Waals surface area contributed by atoms with Crippen LogP contribution in [0.15, 0.2) is 16.6 Å². The van der Waals surface area contributed by atoms with Crippen molar-refractivity contribution in [3.63, 3.8) is 0 Å². The van der Waals surface area contributed by atoms with Gasteiger partial charge in [-0.1, -0.05) is 32.4 Å². The van der Waals surface area contributed by atoms with Crippen molar-refractivity contribution in [1.29, 1.82) is 0 Å². The number of hydrogen-bond donors (Lipinski definition) is 1. The van der Waals surface area contributed by atoms with Crippen LogP contribution < -0.4 is 5.32 Å². The molecular weight excluding hydrogens is 358 g/mol. The van der Waals surface area contributed by atoms with E-state index < -0.39 is 0 Å². The van der Waals surface area contributed by atoms with Crippen LogP contribution in [0.5, 0.6) is 0 Å². The maximum Gasteiger partial charge on any atom is 0.172 e. The number of thiophene rings is 1. The molecule has 0 amide bonds. The van der Waals surface area contributed by atoms with Crippen LogP contribution in [0.3, 0.4) is 0 Å². The molecule has 0 spiro atoms. The zero-order valence-electron chi connectivity index (χ0n) is 11.7. The van der Waals surface area contributed by atoms with Crippen LogP contribution in [0.4, 0.5) is 5.82 Å². The summed E-state index contributed by atoms with van der Waals surface area (Å²) in [6, 6.07) is 3.84. The first kappa shape index (κ1) is 15.7. The zero-order chi connectivity index (χ0) is 14.7. The Hall–Kier alpha value is -0.650. The van der Waals surface area contributed by atoms with Crippen LogP contribution >= 0.6 is 38.9 Å². The molecule has 0 aliphatic carbocycles. The molecule has 0 aliphatic rings. The molecule has 0 saturated heterocycles. The van der Waals surface area contributed by atoms with E-state index in [4.69, 9.17) is 11.6 Å². The van der Waals surface area contributed by atoms with E-state index in [0.717, 1.165) is 44.0 Å². The molecule has 1 N–H and O–H groups in total. The van der Waals surface area contributed by atoms with Gasteiger partial charge in [0.05, 0.1) is 19.4 Å². The highest BCUT2D eigenvalue weighted by molar-refractivity contribution is 9.10. The molecule has 2 rings (SSSR count). The monoisotopic (exact) mass is 373 g/mol. The van der Waals surface area contributed by atoms with Gasteiger partial charge in [-0.15, -0.1) is 11.3 Å². The summed E-state index contributed by atoms with van der Waals surface area (Å²) in [7, 11) is 0. The second-order valence-electron chi connectivity index (χ2n) is 4.78. The number of nitrogens with one attached hydrogen (secondary N) is 1.